The number of aromatic nitrogens is 2. The number of aromatic amines is 1. The van der Waals surface area contributed by atoms with Gasteiger partial charge in [-0.1, -0.05) is 0 Å². The predicted octanol–water partition coefficient (Wildman–Crippen LogP) is -1.03. The molecule has 1 aromatic heterocycles. The summed E-state index contributed by atoms with van der Waals surface area (Å²) in [6.45, 7) is 1.02. The number of carboxylic acid groups (broad SMARTS) is 1. The summed E-state index contributed by atoms with van der Waals surface area (Å²) in [5.41, 5.74) is 6.64. The minimum absolute atomic E-state index is 0.0426. The number of nitrogens with one attached hydrogen (secondary N) is 4. The molecule has 2 atom stereocenters. The Bertz CT molecular complexity index is 1060. The van der Waals surface area contributed by atoms with E-state index in [4.69, 9.17) is 15.9 Å². The molecule has 1 amide bonds. The summed E-state index contributed by atoms with van der Waals surface area (Å²) in [7, 11) is 1.79. The molecule has 0 saturated heterocycles. The molecule has 2 aromatic rings. The minimum atomic E-state index is -1.64. The van der Waals surface area contributed by atoms with E-state index >= 15 is 0 Å². The fraction of sp³-hybridized carbons (Fsp3) is 0.400. The molecule has 1 aliphatic heterocycles. The third kappa shape index (κ3) is 5.90. The second kappa shape index (κ2) is 10.2. The lowest BCUT2D eigenvalue weighted by Crippen LogP contribution is -2.48. The Hall–Kier alpha value is -3.84. The van der Waals surface area contributed by atoms with Gasteiger partial charge in [0, 0.05) is 37.8 Å². The van der Waals surface area contributed by atoms with E-state index in [1.54, 1.807) is 31.3 Å². The molecular formula is C20H27N7O6. The van der Waals surface area contributed by atoms with Crippen LogP contribution in [0.5, 0.6) is 0 Å². The number of rotatable bonds is 9. The SMILES string of the molecule is CN1c2c(nc(N)[nH]c2=O)NCC1CNc1ccc(C(=O)NC(CCC(O)O)C(=O)O)cc1. The average Bonchev–Trinajstić information content (AvgIpc) is 2.75. The highest BCUT2D eigenvalue weighted by atomic mass is 16.5. The third-order valence-electron chi connectivity index (χ3n) is 5.32. The van der Waals surface area contributed by atoms with E-state index in [9.17, 15) is 19.5 Å². The molecule has 13 heteroatoms. The fourth-order valence-corrected chi connectivity index (χ4v) is 3.47. The number of nitrogens with zero attached hydrogens (tertiary/aromatic N) is 2. The van der Waals surface area contributed by atoms with E-state index in [1.165, 1.54) is 0 Å². The summed E-state index contributed by atoms with van der Waals surface area (Å²) in [4.78, 5) is 44.3. The van der Waals surface area contributed by atoms with Crippen LogP contribution in [0.3, 0.4) is 0 Å². The molecule has 1 aliphatic rings. The summed E-state index contributed by atoms with van der Waals surface area (Å²) in [6.07, 6.45) is -1.94. The number of nitrogens with two attached hydrogens (primary N) is 1. The number of aliphatic hydroxyl groups is 2. The van der Waals surface area contributed by atoms with E-state index in [0.717, 1.165) is 5.69 Å². The molecule has 2 heterocycles. The van der Waals surface area contributed by atoms with Crippen molar-refractivity contribution in [2.24, 2.45) is 0 Å². The Labute approximate surface area is 188 Å². The summed E-state index contributed by atoms with van der Waals surface area (Å²) in [5.74, 6) is -1.37. The molecule has 0 fully saturated rings. The number of likely N-dealkylation sites (N-methyl/N-ethyl adjacent to an activating group) is 1. The second-order valence-electron chi connectivity index (χ2n) is 7.67. The number of H-pyrrole nitrogens is 1. The first-order chi connectivity index (χ1) is 15.7. The van der Waals surface area contributed by atoms with Gasteiger partial charge in [-0.15, -0.1) is 0 Å². The summed E-state index contributed by atoms with van der Waals surface area (Å²) >= 11 is 0. The van der Waals surface area contributed by atoms with E-state index in [1.807, 2.05) is 4.90 Å². The van der Waals surface area contributed by atoms with E-state index in [0.29, 0.717) is 24.6 Å². The number of carbonyl (C=O) groups excluding carboxylic acids is 1. The van der Waals surface area contributed by atoms with Crippen LogP contribution in [0.15, 0.2) is 29.1 Å². The van der Waals surface area contributed by atoms with Crippen LogP contribution >= 0.6 is 0 Å². The Morgan fingerprint density at radius 3 is 2.61 bits per heavy atom. The molecular weight excluding hydrogens is 434 g/mol. The van der Waals surface area contributed by atoms with Crippen molar-refractivity contribution in [2.75, 3.05) is 41.4 Å². The highest BCUT2D eigenvalue weighted by molar-refractivity contribution is 5.96. The normalized spacial score (nSPS) is 16.0. The van der Waals surface area contributed by atoms with Crippen molar-refractivity contribution in [3.8, 4) is 0 Å². The average molecular weight is 461 g/mol. The standard InChI is InChI=1S/C20H27N7O6/c1-27-12(9-23-16-15(27)18(31)26-20(21)25-16)8-22-11-4-2-10(3-5-11)17(30)24-13(19(32)33)6-7-14(28)29/h2-5,12-14,22,28-29H,6-9H2,1H3,(H,24,30)(H,32,33)(H4,21,23,25,26,31). The van der Waals surface area contributed by atoms with Gasteiger partial charge in [0.05, 0.1) is 6.04 Å². The number of nitrogen functional groups attached to an aromatic ring is 1. The number of fused-ring (bicyclic) bond motifs is 1. The molecule has 33 heavy (non-hydrogen) atoms. The van der Waals surface area contributed by atoms with Crippen LogP contribution in [0.1, 0.15) is 23.2 Å². The zero-order valence-corrected chi connectivity index (χ0v) is 17.9. The van der Waals surface area contributed by atoms with Gasteiger partial charge in [0.25, 0.3) is 11.5 Å². The number of hydrogen-bond acceptors (Lipinski definition) is 10. The molecule has 1 aromatic carbocycles. The number of hydrogen-bond donors (Lipinski definition) is 8. The molecule has 178 valence electrons. The third-order valence-corrected chi connectivity index (χ3v) is 5.32. The molecule has 3 rings (SSSR count). The first-order valence-corrected chi connectivity index (χ1v) is 10.3. The molecule has 2 unspecified atom stereocenters. The molecule has 0 aliphatic carbocycles. The predicted molar refractivity (Wildman–Crippen MR) is 121 cm³/mol. The van der Waals surface area contributed by atoms with Crippen molar-refractivity contribution in [3.63, 3.8) is 0 Å². The van der Waals surface area contributed by atoms with Crippen LogP contribution in [-0.4, -0.2) is 75.7 Å². The maximum absolute atomic E-state index is 12.4. The fourth-order valence-electron chi connectivity index (χ4n) is 3.47. The van der Waals surface area contributed by atoms with Gasteiger partial charge < -0.3 is 41.9 Å². The summed E-state index contributed by atoms with van der Waals surface area (Å²) in [6, 6.07) is 5.16. The van der Waals surface area contributed by atoms with Gasteiger partial charge in [0.2, 0.25) is 5.95 Å². The van der Waals surface area contributed by atoms with E-state index < -0.39 is 24.2 Å². The smallest absolute Gasteiger partial charge is 0.326 e. The van der Waals surface area contributed by atoms with Crippen LogP contribution in [0.2, 0.25) is 0 Å². The molecule has 13 nitrogen and oxygen atoms in total. The monoisotopic (exact) mass is 461 g/mol. The van der Waals surface area contributed by atoms with E-state index in [-0.39, 0.29) is 36.0 Å². The highest BCUT2D eigenvalue weighted by Gasteiger charge is 2.27. The zero-order valence-electron chi connectivity index (χ0n) is 17.9. The molecule has 0 spiro atoms. The lowest BCUT2D eigenvalue weighted by atomic mass is 10.1. The zero-order chi connectivity index (χ0) is 24.1. The first-order valence-electron chi connectivity index (χ1n) is 10.3. The van der Waals surface area contributed by atoms with Gasteiger partial charge in [-0.2, -0.15) is 4.98 Å². The van der Waals surface area contributed by atoms with Crippen LogP contribution < -0.4 is 32.1 Å². The van der Waals surface area contributed by atoms with Crippen molar-refractivity contribution in [1.29, 1.82) is 0 Å². The first kappa shape index (κ1) is 23.8. The van der Waals surface area contributed by atoms with Crippen LogP contribution in [0.25, 0.3) is 0 Å². The van der Waals surface area contributed by atoms with Crippen molar-refractivity contribution < 1.29 is 24.9 Å². The molecule has 0 radical (unpaired) electrons. The molecule has 9 N–H and O–H groups in total. The number of aliphatic hydroxyl groups excluding tert-OH is 1. The Morgan fingerprint density at radius 2 is 1.97 bits per heavy atom. The van der Waals surface area contributed by atoms with Gasteiger partial charge in [-0.3, -0.25) is 14.6 Å². The Balaban J connectivity index is 1.58. The van der Waals surface area contributed by atoms with Crippen LogP contribution in [0, 0.1) is 0 Å². The van der Waals surface area contributed by atoms with Crippen molar-refractivity contribution in [3.05, 3.63) is 40.2 Å². The van der Waals surface area contributed by atoms with Gasteiger partial charge in [0.15, 0.2) is 12.1 Å². The van der Waals surface area contributed by atoms with Crippen molar-refractivity contribution in [1.82, 2.24) is 15.3 Å². The number of aliphatic carboxylic acids is 1. The van der Waals surface area contributed by atoms with Crippen LogP contribution in [-0.2, 0) is 4.79 Å². The van der Waals surface area contributed by atoms with Crippen molar-refractivity contribution >= 4 is 35.0 Å². The number of carboxylic acids is 1. The molecule has 0 saturated carbocycles. The van der Waals surface area contributed by atoms with Gasteiger partial charge in [-0.05, 0) is 30.7 Å². The number of benzene rings is 1. The van der Waals surface area contributed by atoms with Gasteiger partial charge in [-0.25, -0.2) is 4.79 Å². The number of amides is 1. The molecule has 0 bridgehead atoms. The Morgan fingerprint density at radius 1 is 1.27 bits per heavy atom. The second-order valence-corrected chi connectivity index (χ2v) is 7.67. The van der Waals surface area contributed by atoms with Crippen LogP contribution in [0.4, 0.5) is 23.1 Å². The lowest BCUT2D eigenvalue weighted by molar-refractivity contribution is -0.139. The lowest BCUT2D eigenvalue weighted by Gasteiger charge is -2.35. The largest absolute Gasteiger partial charge is 0.480 e. The maximum Gasteiger partial charge on any atom is 0.326 e. The Kier molecular flexibility index (Phi) is 7.35. The topological polar surface area (TPSA) is 206 Å². The highest BCUT2D eigenvalue weighted by Crippen LogP contribution is 2.25. The quantitative estimate of drug-likeness (QED) is 0.212. The summed E-state index contributed by atoms with van der Waals surface area (Å²) in [5, 5.41) is 35.7. The number of anilines is 4. The van der Waals surface area contributed by atoms with Gasteiger partial charge in [0.1, 0.15) is 11.7 Å². The van der Waals surface area contributed by atoms with Crippen molar-refractivity contribution in [2.45, 2.75) is 31.2 Å². The number of carbonyl (C=O) groups is 2. The minimum Gasteiger partial charge on any atom is -0.480 e. The van der Waals surface area contributed by atoms with Gasteiger partial charge >= 0.3 is 5.97 Å². The maximum atomic E-state index is 12.4. The summed E-state index contributed by atoms with van der Waals surface area (Å²) < 4.78 is 0. The van der Waals surface area contributed by atoms with E-state index in [2.05, 4.69) is 25.9 Å².